The Bertz CT molecular complexity index is 322. The van der Waals surface area contributed by atoms with E-state index in [4.69, 9.17) is 4.42 Å². The molecule has 1 rings (SSSR count). The third-order valence-corrected chi connectivity index (χ3v) is 1.16. The fourth-order valence-corrected chi connectivity index (χ4v) is 0.717. The second-order valence-electron chi connectivity index (χ2n) is 1.79. The summed E-state index contributed by atoms with van der Waals surface area (Å²) in [5.74, 6) is 0. The van der Waals surface area contributed by atoms with Crippen molar-refractivity contribution in [2.75, 3.05) is 0 Å². The molecule has 0 saturated carbocycles. The molecular formula is C10H15NO. The zero-order chi connectivity index (χ0) is 9.40. The first-order valence-corrected chi connectivity index (χ1v) is 4.07. The maximum atomic E-state index is 5.02. The van der Waals surface area contributed by atoms with E-state index < -0.39 is 0 Å². The van der Waals surface area contributed by atoms with Crippen molar-refractivity contribution in [2.24, 2.45) is 0 Å². The van der Waals surface area contributed by atoms with Crippen molar-refractivity contribution in [3.8, 4) is 0 Å². The number of oxazole rings is 1. The van der Waals surface area contributed by atoms with Crippen LogP contribution in [0.4, 0.5) is 0 Å². The van der Waals surface area contributed by atoms with Crippen LogP contribution in [0.25, 0.3) is 12.2 Å². The highest BCUT2D eigenvalue weighted by atomic mass is 16.3. The van der Waals surface area contributed by atoms with Crippen molar-refractivity contribution < 1.29 is 4.42 Å². The lowest BCUT2D eigenvalue weighted by atomic mass is 10.4. The summed E-state index contributed by atoms with van der Waals surface area (Å²) in [6.07, 6.45) is 6.77. The summed E-state index contributed by atoms with van der Waals surface area (Å²) < 4.78 is 5.02. The fourth-order valence-electron chi connectivity index (χ4n) is 0.717. The van der Waals surface area contributed by atoms with Crippen LogP contribution in [-0.4, -0.2) is 4.98 Å². The van der Waals surface area contributed by atoms with E-state index in [2.05, 4.69) is 11.6 Å². The standard InChI is InChI=1S/C8H9NO.C2H6/c1-3-5-7-8(4-2)10-6-9-7;1-2/h3-6H,1H2,2H3;1-2H3/b7-5+,8-4+;. The lowest BCUT2D eigenvalue weighted by Crippen LogP contribution is -2.20. The Morgan fingerprint density at radius 1 is 1.50 bits per heavy atom. The largest absolute Gasteiger partial charge is 0.444 e. The Balaban J connectivity index is 0.000000561. The van der Waals surface area contributed by atoms with Crippen LogP contribution >= 0.6 is 0 Å². The van der Waals surface area contributed by atoms with Crippen LogP contribution in [0.3, 0.4) is 0 Å². The maximum absolute atomic E-state index is 5.02. The Morgan fingerprint density at radius 3 is 2.67 bits per heavy atom. The van der Waals surface area contributed by atoms with E-state index in [0.717, 1.165) is 10.8 Å². The van der Waals surface area contributed by atoms with Crippen molar-refractivity contribution in [3.05, 3.63) is 29.8 Å². The molecule has 12 heavy (non-hydrogen) atoms. The van der Waals surface area contributed by atoms with Crippen molar-refractivity contribution >= 4 is 12.2 Å². The smallest absolute Gasteiger partial charge is 0.181 e. The van der Waals surface area contributed by atoms with Gasteiger partial charge in [-0.15, -0.1) is 0 Å². The third kappa shape index (κ3) is 2.74. The van der Waals surface area contributed by atoms with Crippen molar-refractivity contribution in [3.63, 3.8) is 0 Å². The van der Waals surface area contributed by atoms with Crippen LogP contribution in [-0.2, 0) is 0 Å². The number of hydrogen-bond donors (Lipinski definition) is 0. The second-order valence-corrected chi connectivity index (χ2v) is 1.79. The summed E-state index contributed by atoms with van der Waals surface area (Å²) in [5.41, 5.74) is 0.792. The molecule has 1 heterocycles. The lowest BCUT2D eigenvalue weighted by molar-refractivity contribution is 0.524. The molecule has 2 heteroatoms. The molecule has 0 aliphatic heterocycles. The molecule has 0 atom stereocenters. The Kier molecular flexibility index (Phi) is 5.70. The first-order valence-electron chi connectivity index (χ1n) is 4.07. The Morgan fingerprint density at radius 2 is 2.17 bits per heavy atom. The van der Waals surface area contributed by atoms with Gasteiger partial charge in [-0.3, -0.25) is 0 Å². The summed E-state index contributed by atoms with van der Waals surface area (Å²) in [7, 11) is 0. The van der Waals surface area contributed by atoms with Crippen molar-refractivity contribution in [1.29, 1.82) is 0 Å². The van der Waals surface area contributed by atoms with Crippen LogP contribution in [0, 0.1) is 0 Å². The molecule has 0 saturated heterocycles. The van der Waals surface area contributed by atoms with Crippen LogP contribution in [0.5, 0.6) is 0 Å². The van der Waals surface area contributed by atoms with E-state index in [0.29, 0.717) is 0 Å². The number of allylic oxidation sites excluding steroid dienone is 1. The van der Waals surface area contributed by atoms with Gasteiger partial charge in [-0.1, -0.05) is 26.5 Å². The predicted molar refractivity (Wildman–Crippen MR) is 51.9 cm³/mol. The summed E-state index contributed by atoms with van der Waals surface area (Å²) in [4.78, 5) is 3.95. The average Bonchev–Trinajstić information content (AvgIpc) is 2.56. The summed E-state index contributed by atoms with van der Waals surface area (Å²) >= 11 is 0. The van der Waals surface area contributed by atoms with Gasteiger partial charge in [0.15, 0.2) is 6.39 Å². The van der Waals surface area contributed by atoms with Gasteiger partial charge < -0.3 is 4.42 Å². The molecule has 0 aromatic carbocycles. The van der Waals surface area contributed by atoms with Gasteiger partial charge in [-0.2, -0.15) is 0 Å². The maximum Gasteiger partial charge on any atom is 0.181 e. The minimum atomic E-state index is 0.792. The minimum absolute atomic E-state index is 0.792. The number of hydrogen-bond acceptors (Lipinski definition) is 2. The van der Waals surface area contributed by atoms with E-state index in [1.165, 1.54) is 6.39 Å². The van der Waals surface area contributed by atoms with Gasteiger partial charge in [0.25, 0.3) is 0 Å². The van der Waals surface area contributed by atoms with Gasteiger partial charge in [0.2, 0.25) is 0 Å². The molecule has 2 nitrogen and oxygen atoms in total. The van der Waals surface area contributed by atoms with Crippen molar-refractivity contribution in [2.45, 2.75) is 20.8 Å². The summed E-state index contributed by atoms with van der Waals surface area (Å²) in [6, 6.07) is 0. The molecule has 0 unspecified atom stereocenters. The average molecular weight is 165 g/mol. The van der Waals surface area contributed by atoms with Crippen molar-refractivity contribution in [1.82, 2.24) is 4.98 Å². The molecule has 1 aromatic rings. The minimum Gasteiger partial charge on any atom is -0.444 e. The molecule has 0 fully saturated rings. The molecule has 0 aliphatic carbocycles. The SMILES string of the molecule is C=C/C=c1/nco/c1=C/C.CC. The predicted octanol–water partition coefficient (Wildman–Crippen LogP) is 1.47. The Labute approximate surface area is 72.9 Å². The highest BCUT2D eigenvalue weighted by molar-refractivity contribution is 5.32. The fraction of sp³-hybridized carbons (Fsp3) is 0.300. The molecular weight excluding hydrogens is 150 g/mol. The van der Waals surface area contributed by atoms with Crippen LogP contribution in [0.1, 0.15) is 20.8 Å². The summed E-state index contributed by atoms with van der Waals surface area (Å²) in [6.45, 7) is 9.46. The second kappa shape index (κ2) is 6.40. The number of nitrogens with zero attached hydrogens (tertiary/aromatic N) is 1. The molecule has 0 aliphatic rings. The highest BCUT2D eigenvalue weighted by Gasteiger charge is 1.83. The van der Waals surface area contributed by atoms with Gasteiger partial charge in [-0.05, 0) is 19.1 Å². The molecule has 0 bridgehead atoms. The normalized spacial score (nSPS) is 12.2. The van der Waals surface area contributed by atoms with Gasteiger partial charge in [0.05, 0.1) is 0 Å². The zero-order valence-electron chi connectivity index (χ0n) is 7.87. The van der Waals surface area contributed by atoms with E-state index in [1.54, 1.807) is 12.2 Å². The van der Waals surface area contributed by atoms with Gasteiger partial charge in [-0.25, -0.2) is 4.98 Å². The highest BCUT2D eigenvalue weighted by Crippen LogP contribution is 1.66. The Hall–Kier alpha value is -1.31. The molecule has 0 radical (unpaired) electrons. The van der Waals surface area contributed by atoms with Crippen LogP contribution in [0.15, 0.2) is 23.5 Å². The lowest BCUT2D eigenvalue weighted by Gasteiger charge is -1.70. The van der Waals surface area contributed by atoms with E-state index in [1.807, 2.05) is 26.8 Å². The van der Waals surface area contributed by atoms with Gasteiger partial charge in [0, 0.05) is 0 Å². The van der Waals surface area contributed by atoms with Gasteiger partial charge in [0.1, 0.15) is 10.8 Å². The molecule has 0 spiro atoms. The van der Waals surface area contributed by atoms with Gasteiger partial charge >= 0.3 is 0 Å². The molecule has 0 amide bonds. The number of aromatic nitrogens is 1. The quantitative estimate of drug-likeness (QED) is 0.629. The van der Waals surface area contributed by atoms with Crippen LogP contribution in [0.2, 0.25) is 0 Å². The zero-order valence-corrected chi connectivity index (χ0v) is 7.87. The molecule has 66 valence electrons. The van der Waals surface area contributed by atoms with E-state index in [9.17, 15) is 0 Å². The molecule has 1 aromatic heterocycles. The third-order valence-electron chi connectivity index (χ3n) is 1.16. The number of rotatable bonds is 1. The topological polar surface area (TPSA) is 26.0 Å². The van der Waals surface area contributed by atoms with Crippen LogP contribution < -0.4 is 10.8 Å². The first kappa shape index (κ1) is 10.7. The molecule has 0 N–H and O–H groups in total. The first-order chi connectivity index (χ1) is 5.88. The monoisotopic (exact) mass is 165 g/mol. The summed E-state index contributed by atoms with van der Waals surface area (Å²) in [5, 5.41) is 0.831. The van der Waals surface area contributed by atoms with E-state index in [-0.39, 0.29) is 0 Å². The van der Waals surface area contributed by atoms with E-state index >= 15 is 0 Å².